The van der Waals surface area contributed by atoms with Crippen LogP contribution in [0.25, 0.3) is 0 Å². The quantitative estimate of drug-likeness (QED) is 0.845. The maximum Gasteiger partial charge on any atom is 0.321 e. The molecule has 0 aliphatic carbocycles. The normalized spacial score (nSPS) is 13.0. The molecule has 104 valence electrons. The molecule has 5 nitrogen and oxygen atoms in total. The van der Waals surface area contributed by atoms with Crippen molar-refractivity contribution in [1.29, 1.82) is 0 Å². The molecule has 1 atom stereocenters. The van der Waals surface area contributed by atoms with Crippen LogP contribution in [0.2, 0.25) is 0 Å². The van der Waals surface area contributed by atoms with E-state index in [1.54, 1.807) is 0 Å². The minimum Gasteiger partial charge on any atom is -0.480 e. The van der Waals surface area contributed by atoms with E-state index in [1.165, 1.54) is 26.0 Å². The largest absolute Gasteiger partial charge is 0.480 e. The second kappa shape index (κ2) is 5.48. The fourth-order valence-electron chi connectivity index (χ4n) is 1.24. The summed E-state index contributed by atoms with van der Waals surface area (Å²) in [4.78, 5) is 21.8. The van der Waals surface area contributed by atoms with Crippen molar-refractivity contribution in [2.24, 2.45) is 5.73 Å². The van der Waals surface area contributed by atoms with Crippen LogP contribution >= 0.6 is 0 Å². The van der Waals surface area contributed by atoms with Crippen LogP contribution in [0, 0.1) is 5.82 Å². The van der Waals surface area contributed by atoms with Gasteiger partial charge in [0, 0.05) is 21.9 Å². The zero-order valence-corrected chi connectivity index (χ0v) is 11.3. The molecule has 3 N–H and O–H groups in total. The first-order chi connectivity index (χ1) is 8.66. The SMILES string of the molecule is CC(C)(C(=O)O)S(=O)Cc1ccc(C(N)=O)cc1F. The Morgan fingerprint density at radius 3 is 2.42 bits per heavy atom. The van der Waals surface area contributed by atoms with Gasteiger partial charge in [-0.15, -0.1) is 0 Å². The Morgan fingerprint density at radius 1 is 1.42 bits per heavy atom. The number of rotatable bonds is 5. The molecule has 0 radical (unpaired) electrons. The number of carbonyl (C=O) groups is 2. The summed E-state index contributed by atoms with van der Waals surface area (Å²) in [6, 6.07) is 3.54. The topological polar surface area (TPSA) is 97.5 Å². The first kappa shape index (κ1) is 15.3. The van der Waals surface area contributed by atoms with Crippen molar-refractivity contribution < 1.29 is 23.3 Å². The van der Waals surface area contributed by atoms with Crippen LogP contribution in [0.3, 0.4) is 0 Å². The van der Waals surface area contributed by atoms with E-state index in [0.717, 1.165) is 6.07 Å². The molecule has 0 spiro atoms. The van der Waals surface area contributed by atoms with Crippen LogP contribution in [0.1, 0.15) is 29.8 Å². The molecule has 0 saturated heterocycles. The highest BCUT2D eigenvalue weighted by molar-refractivity contribution is 7.86. The summed E-state index contributed by atoms with van der Waals surface area (Å²) in [6.45, 7) is 2.61. The van der Waals surface area contributed by atoms with Gasteiger partial charge in [0.2, 0.25) is 5.91 Å². The molecule has 0 aliphatic rings. The zero-order valence-electron chi connectivity index (χ0n) is 10.5. The Bertz CT molecular complexity index is 557. The molecule has 1 aromatic rings. The van der Waals surface area contributed by atoms with Crippen LogP contribution < -0.4 is 5.73 Å². The molecule has 19 heavy (non-hydrogen) atoms. The lowest BCUT2D eigenvalue weighted by Crippen LogP contribution is -2.37. The molecule has 0 bridgehead atoms. The molecule has 0 aromatic heterocycles. The Kier molecular flexibility index (Phi) is 4.41. The van der Waals surface area contributed by atoms with E-state index in [4.69, 9.17) is 10.8 Å². The molecule has 0 saturated carbocycles. The highest BCUT2D eigenvalue weighted by atomic mass is 32.2. The van der Waals surface area contributed by atoms with Crippen molar-refractivity contribution in [2.45, 2.75) is 24.3 Å². The van der Waals surface area contributed by atoms with E-state index in [2.05, 4.69) is 0 Å². The summed E-state index contributed by atoms with van der Waals surface area (Å²) in [5.74, 6) is -2.97. The summed E-state index contributed by atoms with van der Waals surface area (Å²) in [5, 5.41) is 8.93. The maximum absolute atomic E-state index is 13.7. The number of hydrogen-bond acceptors (Lipinski definition) is 3. The van der Waals surface area contributed by atoms with E-state index in [1.807, 2.05) is 0 Å². The van der Waals surface area contributed by atoms with E-state index in [-0.39, 0.29) is 16.9 Å². The van der Waals surface area contributed by atoms with Crippen molar-refractivity contribution in [3.8, 4) is 0 Å². The predicted octanol–water partition coefficient (Wildman–Crippen LogP) is 1.04. The average molecular weight is 287 g/mol. The summed E-state index contributed by atoms with van der Waals surface area (Å²) in [7, 11) is -1.79. The van der Waals surface area contributed by atoms with E-state index >= 15 is 0 Å². The lowest BCUT2D eigenvalue weighted by atomic mass is 10.1. The fourth-order valence-corrected chi connectivity index (χ4v) is 2.31. The van der Waals surface area contributed by atoms with Gasteiger partial charge in [0.15, 0.2) is 0 Å². The number of aliphatic carboxylic acids is 1. The molecule has 7 heteroatoms. The number of nitrogens with two attached hydrogens (primary N) is 1. The van der Waals surface area contributed by atoms with Gasteiger partial charge in [-0.25, -0.2) is 4.39 Å². The third-order valence-electron chi connectivity index (χ3n) is 2.71. The summed E-state index contributed by atoms with van der Waals surface area (Å²) >= 11 is 0. The number of benzene rings is 1. The van der Waals surface area contributed by atoms with Crippen LogP contribution in [0.5, 0.6) is 0 Å². The monoisotopic (exact) mass is 287 g/mol. The summed E-state index contributed by atoms with van der Waals surface area (Å²) < 4.78 is 24.1. The summed E-state index contributed by atoms with van der Waals surface area (Å²) in [6.07, 6.45) is 0. The van der Waals surface area contributed by atoms with Crippen LogP contribution in [0.4, 0.5) is 4.39 Å². The van der Waals surface area contributed by atoms with Crippen molar-refractivity contribution in [1.82, 2.24) is 0 Å². The van der Waals surface area contributed by atoms with E-state index in [9.17, 15) is 18.2 Å². The zero-order chi connectivity index (χ0) is 14.8. The van der Waals surface area contributed by atoms with Crippen LogP contribution in [-0.4, -0.2) is 25.9 Å². The van der Waals surface area contributed by atoms with E-state index < -0.39 is 33.2 Å². The molecule has 0 aliphatic heterocycles. The van der Waals surface area contributed by atoms with Gasteiger partial charge in [0.05, 0.1) is 5.75 Å². The number of halogens is 1. The fraction of sp³-hybridized carbons (Fsp3) is 0.333. The Hall–Kier alpha value is -1.76. The molecule has 1 unspecified atom stereocenters. The number of carbonyl (C=O) groups excluding carboxylic acids is 1. The second-order valence-corrected chi connectivity index (χ2v) is 6.48. The van der Waals surface area contributed by atoms with Gasteiger partial charge in [-0.1, -0.05) is 6.07 Å². The highest BCUT2D eigenvalue weighted by Gasteiger charge is 2.34. The number of primary amides is 1. The van der Waals surface area contributed by atoms with Gasteiger partial charge in [-0.2, -0.15) is 0 Å². The van der Waals surface area contributed by atoms with Gasteiger partial charge >= 0.3 is 5.97 Å². The van der Waals surface area contributed by atoms with Gasteiger partial charge in [0.25, 0.3) is 0 Å². The molecular formula is C12H14FNO4S. The number of hydrogen-bond donors (Lipinski definition) is 2. The van der Waals surface area contributed by atoms with Crippen molar-refractivity contribution in [3.05, 3.63) is 35.1 Å². The van der Waals surface area contributed by atoms with Gasteiger partial charge in [-0.3, -0.25) is 13.8 Å². The average Bonchev–Trinajstić information content (AvgIpc) is 2.30. The second-order valence-electron chi connectivity index (χ2n) is 4.48. The third-order valence-corrected chi connectivity index (χ3v) is 4.59. The van der Waals surface area contributed by atoms with Gasteiger partial charge in [0.1, 0.15) is 10.6 Å². The molecule has 0 fully saturated rings. The standard InChI is InChI=1S/C12H14FNO4S/c1-12(2,11(16)17)19(18)6-8-4-3-7(10(14)15)5-9(8)13/h3-5H,6H2,1-2H3,(H2,14,15)(H,16,17). The third kappa shape index (κ3) is 3.37. The Balaban J connectivity index is 2.98. The maximum atomic E-state index is 13.7. The van der Waals surface area contributed by atoms with Crippen LogP contribution in [0.15, 0.2) is 18.2 Å². The predicted molar refractivity (Wildman–Crippen MR) is 68.5 cm³/mol. The summed E-state index contributed by atoms with van der Waals surface area (Å²) in [5.41, 5.74) is 5.09. The minimum atomic E-state index is -1.79. The highest BCUT2D eigenvalue weighted by Crippen LogP contribution is 2.20. The van der Waals surface area contributed by atoms with Gasteiger partial charge in [-0.05, 0) is 26.0 Å². The first-order valence-corrected chi connectivity index (χ1v) is 6.68. The number of carboxylic acids is 1. The Labute approximate surface area is 112 Å². The molecular weight excluding hydrogens is 273 g/mol. The van der Waals surface area contributed by atoms with Crippen molar-refractivity contribution in [3.63, 3.8) is 0 Å². The van der Waals surface area contributed by atoms with Crippen LogP contribution in [-0.2, 0) is 21.3 Å². The van der Waals surface area contributed by atoms with E-state index in [0.29, 0.717) is 0 Å². The number of amides is 1. The lowest BCUT2D eigenvalue weighted by molar-refractivity contribution is -0.139. The van der Waals surface area contributed by atoms with Crippen molar-refractivity contribution in [2.75, 3.05) is 0 Å². The first-order valence-electron chi connectivity index (χ1n) is 5.36. The molecule has 1 rings (SSSR count). The van der Waals surface area contributed by atoms with Crippen molar-refractivity contribution >= 4 is 22.7 Å². The molecule has 1 amide bonds. The molecule has 0 heterocycles. The Morgan fingerprint density at radius 2 is 2.00 bits per heavy atom. The molecule has 1 aromatic carbocycles. The number of carboxylic acid groups (broad SMARTS) is 1. The minimum absolute atomic E-state index is 0.00419. The smallest absolute Gasteiger partial charge is 0.321 e. The van der Waals surface area contributed by atoms with Gasteiger partial charge < -0.3 is 10.8 Å². The lowest BCUT2D eigenvalue weighted by Gasteiger charge is -2.18.